The minimum absolute atomic E-state index is 0.0433. The fourth-order valence-electron chi connectivity index (χ4n) is 1.51. The summed E-state index contributed by atoms with van der Waals surface area (Å²) in [6.07, 6.45) is 1.85. The van der Waals surface area contributed by atoms with Crippen molar-refractivity contribution in [2.75, 3.05) is 31.6 Å². The van der Waals surface area contributed by atoms with Crippen molar-refractivity contribution in [3.8, 4) is 0 Å². The highest BCUT2D eigenvalue weighted by Crippen LogP contribution is 2.02. The Kier molecular flexibility index (Phi) is 7.13. The van der Waals surface area contributed by atoms with E-state index in [4.69, 9.17) is 10.9 Å². The molecule has 0 fully saturated rings. The first-order chi connectivity index (χ1) is 7.80. The summed E-state index contributed by atoms with van der Waals surface area (Å²) in [7, 11) is -2.89. The van der Waals surface area contributed by atoms with Gasteiger partial charge in [0.1, 0.15) is 15.7 Å². The van der Waals surface area contributed by atoms with Crippen LogP contribution in [0.25, 0.3) is 0 Å². The van der Waals surface area contributed by atoms with Gasteiger partial charge in [-0.05, 0) is 19.5 Å². The molecule has 7 heteroatoms. The zero-order valence-electron chi connectivity index (χ0n) is 10.8. The van der Waals surface area contributed by atoms with Crippen molar-refractivity contribution >= 4 is 15.7 Å². The highest BCUT2D eigenvalue weighted by atomic mass is 32.2. The maximum absolute atomic E-state index is 11.0. The van der Waals surface area contributed by atoms with E-state index in [-0.39, 0.29) is 17.5 Å². The number of hydrogen-bond acceptors (Lipinski definition) is 5. The van der Waals surface area contributed by atoms with Crippen LogP contribution in [0.2, 0.25) is 0 Å². The van der Waals surface area contributed by atoms with Crippen LogP contribution >= 0.6 is 0 Å². The van der Waals surface area contributed by atoms with Gasteiger partial charge in [0.25, 0.3) is 0 Å². The number of sulfone groups is 1. The largest absolute Gasteiger partial charge is 0.409 e. The molecule has 0 amide bonds. The van der Waals surface area contributed by atoms with Gasteiger partial charge in [0.05, 0.1) is 5.75 Å². The molecule has 0 spiro atoms. The van der Waals surface area contributed by atoms with Crippen molar-refractivity contribution in [2.24, 2.45) is 16.8 Å². The lowest BCUT2D eigenvalue weighted by Crippen LogP contribution is -2.36. The Morgan fingerprint density at radius 1 is 1.53 bits per heavy atom. The van der Waals surface area contributed by atoms with E-state index in [0.29, 0.717) is 19.5 Å². The van der Waals surface area contributed by atoms with E-state index in [1.807, 2.05) is 13.8 Å². The molecule has 0 radical (unpaired) electrons. The SMILES string of the molecule is CCN(CCCS(C)(=O)=O)CC(C)C(N)=NO. The first kappa shape index (κ1) is 16.2. The van der Waals surface area contributed by atoms with Crippen LogP contribution in [-0.2, 0) is 9.84 Å². The van der Waals surface area contributed by atoms with Crippen LogP contribution in [0.4, 0.5) is 0 Å². The van der Waals surface area contributed by atoms with Crippen molar-refractivity contribution in [1.29, 1.82) is 0 Å². The molecule has 6 nitrogen and oxygen atoms in total. The average Bonchev–Trinajstić information content (AvgIpc) is 2.24. The predicted octanol–water partition coefficient (Wildman–Crippen LogP) is 0.126. The van der Waals surface area contributed by atoms with Crippen molar-refractivity contribution in [3.63, 3.8) is 0 Å². The summed E-state index contributed by atoms with van der Waals surface area (Å²) in [4.78, 5) is 2.09. The molecule has 0 rings (SSSR count). The molecule has 0 aromatic rings. The molecule has 0 saturated carbocycles. The standard InChI is InChI=1S/C10H23N3O3S/c1-4-13(6-5-7-17(3,15)16)8-9(2)10(11)12-14/h9,14H,4-8H2,1-3H3,(H2,11,12). The Morgan fingerprint density at radius 3 is 2.53 bits per heavy atom. The van der Waals surface area contributed by atoms with Crippen molar-refractivity contribution < 1.29 is 13.6 Å². The smallest absolute Gasteiger partial charge is 0.147 e. The van der Waals surface area contributed by atoms with Gasteiger partial charge in [-0.1, -0.05) is 19.0 Å². The van der Waals surface area contributed by atoms with E-state index in [2.05, 4.69) is 10.1 Å². The second-order valence-electron chi connectivity index (χ2n) is 4.30. The molecule has 0 heterocycles. The Balaban J connectivity index is 4.09. The van der Waals surface area contributed by atoms with Crippen LogP contribution in [0.15, 0.2) is 5.16 Å². The van der Waals surface area contributed by atoms with Gasteiger partial charge < -0.3 is 15.8 Å². The molecule has 0 aromatic carbocycles. The Labute approximate surface area is 103 Å². The van der Waals surface area contributed by atoms with Crippen molar-refractivity contribution in [1.82, 2.24) is 4.90 Å². The van der Waals surface area contributed by atoms with Crippen molar-refractivity contribution in [3.05, 3.63) is 0 Å². The maximum Gasteiger partial charge on any atom is 0.147 e. The topological polar surface area (TPSA) is 96.0 Å². The second-order valence-corrected chi connectivity index (χ2v) is 6.56. The molecule has 17 heavy (non-hydrogen) atoms. The van der Waals surface area contributed by atoms with Crippen LogP contribution in [-0.4, -0.2) is 56.0 Å². The highest BCUT2D eigenvalue weighted by molar-refractivity contribution is 7.90. The zero-order chi connectivity index (χ0) is 13.5. The molecular formula is C10H23N3O3S. The minimum Gasteiger partial charge on any atom is -0.409 e. The van der Waals surface area contributed by atoms with Crippen LogP contribution < -0.4 is 5.73 Å². The fourth-order valence-corrected chi connectivity index (χ4v) is 2.16. The lowest BCUT2D eigenvalue weighted by atomic mass is 10.1. The summed E-state index contributed by atoms with van der Waals surface area (Å²) in [5.41, 5.74) is 5.49. The van der Waals surface area contributed by atoms with Crippen LogP contribution in [0.5, 0.6) is 0 Å². The maximum atomic E-state index is 11.0. The van der Waals surface area contributed by atoms with Crippen LogP contribution in [0.3, 0.4) is 0 Å². The lowest BCUT2D eigenvalue weighted by Gasteiger charge is -2.23. The lowest BCUT2D eigenvalue weighted by molar-refractivity contribution is 0.266. The third kappa shape index (κ3) is 7.98. The number of oxime groups is 1. The second kappa shape index (κ2) is 7.50. The third-order valence-electron chi connectivity index (χ3n) is 2.59. The Morgan fingerprint density at radius 2 is 2.12 bits per heavy atom. The van der Waals surface area contributed by atoms with Gasteiger partial charge in [-0.15, -0.1) is 0 Å². The summed E-state index contributed by atoms with van der Waals surface area (Å²) < 4.78 is 22.0. The summed E-state index contributed by atoms with van der Waals surface area (Å²) >= 11 is 0. The van der Waals surface area contributed by atoms with E-state index >= 15 is 0 Å². The molecule has 0 aliphatic heterocycles. The molecule has 0 aliphatic rings. The molecule has 0 saturated heterocycles. The van der Waals surface area contributed by atoms with E-state index in [1.54, 1.807) is 0 Å². The molecule has 1 atom stereocenters. The number of nitrogens with two attached hydrogens (primary N) is 1. The van der Waals surface area contributed by atoms with Gasteiger partial charge in [0.15, 0.2) is 0 Å². The molecule has 0 aliphatic carbocycles. The first-order valence-electron chi connectivity index (χ1n) is 5.67. The van der Waals surface area contributed by atoms with E-state index in [0.717, 1.165) is 6.54 Å². The summed E-state index contributed by atoms with van der Waals surface area (Å²) in [5, 5.41) is 11.5. The Bertz CT molecular complexity index is 341. The van der Waals surface area contributed by atoms with E-state index in [9.17, 15) is 8.42 Å². The molecule has 0 bridgehead atoms. The van der Waals surface area contributed by atoms with Crippen LogP contribution in [0.1, 0.15) is 20.3 Å². The van der Waals surface area contributed by atoms with Gasteiger partial charge >= 0.3 is 0 Å². The molecule has 3 N–H and O–H groups in total. The molecule has 0 aromatic heterocycles. The highest BCUT2D eigenvalue weighted by Gasteiger charge is 2.13. The minimum atomic E-state index is -2.89. The monoisotopic (exact) mass is 265 g/mol. The van der Waals surface area contributed by atoms with Gasteiger partial charge in [-0.25, -0.2) is 8.42 Å². The fraction of sp³-hybridized carbons (Fsp3) is 0.900. The molecular weight excluding hydrogens is 242 g/mol. The van der Waals surface area contributed by atoms with Gasteiger partial charge in [0.2, 0.25) is 0 Å². The average molecular weight is 265 g/mol. The number of hydrogen-bond donors (Lipinski definition) is 2. The predicted molar refractivity (Wildman–Crippen MR) is 69.0 cm³/mol. The van der Waals surface area contributed by atoms with E-state index < -0.39 is 9.84 Å². The quantitative estimate of drug-likeness (QED) is 0.281. The number of rotatable bonds is 8. The first-order valence-corrected chi connectivity index (χ1v) is 7.73. The summed E-state index contributed by atoms with van der Waals surface area (Å²) in [6.45, 7) is 6.04. The van der Waals surface area contributed by atoms with Gasteiger partial charge in [0, 0.05) is 18.7 Å². The molecule has 102 valence electrons. The third-order valence-corrected chi connectivity index (χ3v) is 3.62. The van der Waals surface area contributed by atoms with E-state index in [1.165, 1.54) is 6.26 Å². The van der Waals surface area contributed by atoms with Gasteiger partial charge in [-0.2, -0.15) is 0 Å². The summed E-state index contributed by atoms with van der Waals surface area (Å²) in [6, 6.07) is 0. The Hall–Kier alpha value is -0.820. The zero-order valence-corrected chi connectivity index (χ0v) is 11.6. The number of amidine groups is 1. The molecule has 1 unspecified atom stereocenters. The number of nitrogens with zero attached hydrogens (tertiary/aromatic N) is 2. The normalized spacial score (nSPS) is 15.2. The van der Waals surface area contributed by atoms with Crippen LogP contribution in [0, 0.1) is 5.92 Å². The summed E-state index contributed by atoms with van der Waals surface area (Å²) in [5.74, 6) is 0.353. The van der Waals surface area contributed by atoms with Crippen molar-refractivity contribution in [2.45, 2.75) is 20.3 Å². The van der Waals surface area contributed by atoms with Gasteiger partial charge in [-0.3, -0.25) is 0 Å².